The lowest BCUT2D eigenvalue weighted by molar-refractivity contribution is -0.142. The van der Waals surface area contributed by atoms with Gasteiger partial charge in [0, 0.05) is 12.6 Å². The average molecular weight is 286 g/mol. The molecule has 0 spiro atoms. The first-order chi connectivity index (χ1) is 9.42. The lowest BCUT2D eigenvalue weighted by atomic mass is 10.0. The molecule has 0 saturated carbocycles. The van der Waals surface area contributed by atoms with Gasteiger partial charge in [0.05, 0.1) is 19.3 Å². The molecule has 116 valence electrons. The van der Waals surface area contributed by atoms with E-state index in [2.05, 4.69) is 19.2 Å². The van der Waals surface area contributed by atoms with Crippen molar-refractivity contribution in [3.8, 4) is 0 Å². The third-order valence-corrected chi connectivity index (χ3v) is 4.22. The van der Waals surface area contributed by atoms with Crippen molar-refractivity contribution >= 4 is 12.0 Å². The van der Waals surface area contributed by atoms with Gasteiger partial charge >= 0.3 is 12.0 Å². The third-order valence-electron chi connectivity index (χ3n) is 4.22. The molecular weight excluding hydrogens is 260 g/mol. The zero-order valence-electron chi connectivity index (χ0n) is 12.8. The van der Waals surface area contributed by atoms with Gasteiger partial charge in [-0.3, -0.25) is 4.79 Å². The van der Waals surface area contributed by atoms with E-state index >= 15 is 0 Å². The summed E-state index contributed by atoms with van der Waals surface area (Å²) in [6.07, 6.45) is 0.984. The summed E-state index contributed by atoms with van der Waals surface area (Å²) in [7, 11) is 0. The number of ether oxygens (including phenoxy) is 1. The fourth-order valence-corrected chi connectivity index (χ4v) is 2.39. The largest absolute Gasteiger partial charge is 0.481 e. The summed E-state index contributed by atoms with van der Waals surface area (Å²) >= 11 is 0. The predicted molar refractivity (Wildman–Crippen MR) is 75.6 cm³/mol. The van der Waals surface area contributed by atoms with Gasteiger partial charge in [0.1, 0.15) is 5.92 Å². The van der Waals surface area contributed by atoms with E-state index < -0.39 is 11.9 Å². The van der Waals surface area contributed by atoms with E-state index in [4.69, 9.17) is 4.74 Å². The molecule has 1 fully saturated rings. The first kappa shape index (κ1) is 16.8. The van der Waals surface area contributed by atoms with Crippen molar-refractivity contribution < 1.29 is 19.4 Å². The van der Waals surface area contributed by atoms with Gasteiger partial charge in [-0.1, -0.05) is 20.3 Å². The first-order valence-corrected chi connectivity index (χ1v) is 7.29. The van der Waals surface area contributed by atoms with Gasteiger partial charge in [0.25, 0.3) is 0 Å². The number of nitrogens with zero attached hydrogens (tertiary/aromatic N) is 1. The summed E-state index contributed by atoms with van der Waals surface area (Å²) in [5.74, 6) is -1.17. The van der Waals surface area contributed by atoms with Crippen LogP contribution in [0, 0.1) is 11.8 Å². The number of hydrogen-bond acceptors (Lipinski definition) is 3. The molecule has 2 amide bonds. The van der Waals surface area contributed by atoms with Crippen molar-refractivity contribution in [3.63, 3.8) is 0 Å². The number of carboxylic acids is 1. The maximum Gasteiger partial charge on any atom is 0.317 e. The molecule has 1 aliphatic heterocycles. The number of amides is 2. The van der Waals surface area contributed by atoms with Gasteiger partial charge in [-0.05, 0) is 19.8 Å². The van der Waals surface area contributed by atoms with Crippen LogP contribution in [0.3, 0.4) is 0 Å². The molecule has 6 nitrogen and oxygen atoms in total. The number of urea groups is 1. The molecule has 0 aromatic carbocycles. The maximum absolute atomic E-state index is 12.3. The maximum atomic E-state index is 12.3. The van der Waals surface area contributed by atoms with E-state index in [9.17, 15) is 14.7 Å². The van der Waals surface area contributed by atoms with Crippen molar-refractivity contribution in [1.29, 1.82) is 0 Å². The highest BCUT2D eigenvalue weighted by Gasteiger charge is 2.39. The van der Waals surface area contributed by atoms with Crippen molar-refractivity contribution in [2.45, 2.75) is 46.2 Å². The van der Waals surface area contributed by atoms with Crippen molar-refractivity contribution in [2.24, 2.45) is 11.8 Å². The van der Waals surface area contributed by atoms with Crippen molar-refractivity contribution in [3.05, 3.63) is 0 Å². The Morgan fingerprint density at radius 2 is 2.00 bits per heavy atom. The van der Waals surface area contributed by atoms with Crippen LogP contribution >= 0.6 is 0 Å². The molecule has 0 aromatic rings. The first-order valence-electron chi connectivity index (χ1n) is 7.29. The number of nitrogens with one attached hydrogen (secondary N) is 1. The molecule has 2 N–H and O–H groups in total. The number of aliphatic carboxylic acids is 1. The summed E-state index contributed by atoms with van der Waals surface area (Å²) in [5.41, 5.74) is 0. The number of carbonyl (C=O) groups is 2. The van der Waals surface area contributed by atoms with E-state index in [1.165, 1.54) is 0 Å². The molecular formula is C14H26N2O4. The second kappa shape index (κ2) is 7.47. The normalized spacial score (nSPS) is 25.0. The van der Waals surface area contributed by atoms with Crippen LogP contribution in [-0.4, -0.2) is 53.8 Å². The summed E-state index contributed by atoms with van der Waals surface area (Å²) < 4.78 is 5.24. The minimum Gasteiger partial charge on any atom is -0.481 e. The molecule has 4 unspecified atom stereocenters. The quantitative estimate of drug-likeness (QED) is 0.776. The molecule has 0 aromatic heterocycles. The Balaban J connectivity index is 2.70. The molecule has 0 radical (unpaired) electrons. The van der Waals surface area contributed by atoms with E-state index in [1.807, 2.05) is 13.8 Å². The number of hydrogen-bond donors (Lipinski definition) is 2. The molecule has 1 heterocycles. The zero-order valence-corrected chi connectivity index (χ0v) is 12.8. The van der Waals surface area contributed by atoms with Crippen LogP contribution in [0.5, 0.6) is 0 Å². The Morgan fingerprint density at radius 3 is 2.50 bits per heavy atom. The summed E-state index contributed by atoms with van der Waals surface area (Å²) in [5, 5.41) is 12.1. The van der Waals surface area contributed by atoms with Gasteiger partial charge in [-0.15, -0.1) is 0 Å². The van der Waals surface area contributed by atoms with E-state index in [-0.39, 0.29) is 31.3 Å². The molecule has 0 aliphatic carbocycles. The molecule has 1 aliphatic rings. The third kappa shape index (κ3) is 3.85. The Hall–Kier alpha value is -1.30. The van der Waals surface area contributed by atoms with Gasteiger partial charge in [0.15, 0.2) is 0 Å². The summed E-state index contributed by atoms with van der Waals surface area (Å²) in [6.45, 7) is 8.91. The molecule has 1 saturated heterocycles. The summed E-state index contributed by atoms with van der Waals surface area (Å²) in [6, 6.07) is -0.532. The number of carboxylic acid groups (broad SMARTS) is 1. The van der Waals surface area contributed by atoms with Gasteiger partial charge in [-0.25, -0.2) is 4.79 Å². The fourth-order valence-electron chi connectivity index (χ4n) is 2.39. The van der Waals surface area contributed by atoms with Gasteiger partial charge < -0.3 is 20.1 Å². The number of likely N-dealkylation sites (N-methyl/N-ethyl adjacent to an activating group) is 1. The Labute approximate surface area is 120 Å². The number of carbonyl (C=O) groups excluding carboxylic acids is 1. The second-order valence-corrected chi connectivity index (χ2v) is 5.46. The van der Waals surface area contributed by atoms with Crippen LogP contribution in [0.25, 0.3) is 0 Å². The fraction of sp³-hybridized carbons (Fsp3) is 0.857. The minimum atomic E-state index is -0.909. The SMILES string of the molecule is CCC(C)C(C)NC(=O)N(CC)C1COCC1C(=O)O. The highest BCUT2D eigenvalue weighted by molar-refractivity contribution is 5.77. The highest BCUT2D eigenvalue weighted by atomic mass is 16.5. The van der Waals surface area contributed by atoms with E-state index in [0.29, 0.717) is 12.5 Å². The minimum absolute atomic E-state index is 0.0622. The topological polar surface area (TPSA) is 78.9 Å². The molecule has 6 heteroatoms. The average Bonchev–Trinajstić information content (AvgIpc) is 2.87. The van der Waals surface area contributed by atoms with Crippen LogP contribution in [-0.2, 0) is 9.53 Å². The van der Waals surface area contributed by atoms with Crippen LogP contribution in [0.1, 0.15) is 34.1 Å². The lowest BCUT2D eigenvalue weighted by Crippen LogP contribution is -2.53. The molecule has 20 heavy (non-hydrogen) atoms. The lowest BCUT2D eigenvalue weighted by Gasteiger charge is -2.31. The predicted octanol–water partition coefficient (Wildman–Crippen LogP) is 1.55. The molecule has 0 bridgehead atoms. The Kier molecular flexibility index (Phi) is 6.26. The summed E-state index contributed by atoms with van der Waals surface area (Å²) in [4.78, 5) is 25.1. The van der Waals surface area contributed by atoms with E-state index in [0.717, 1.165) is 6.42 Å². The molecule has 1 rings (SSSR count). The van der Waals surface area contributed by atoms with Crippen molar-refractivity contribution in [1.82, 2.24) is 10.2 Å². The zero-order chi connectivity index (χ0) is 15.3. The van der Waals surface area contributed by atoms with Gasteiger partial charge in [-0.2, -0.15) is 0 Å². The Morgan fingerprint density at radius 1 is 1.35 bits per heavy atom. The van der Waals surface area contributed by atoms with E-state index in [1.54, 1.807) is 4.90 Å². The van der Waals surface area contributed by atoms with Crippen LogP contribution in [0.15, 0.2) is 0 Å². The molecule has 4 atom stereocenters. The standard InChI is InChI=1S/C14H26N2O4/c1-5-9(3)10(4)15-14(19)16(6-2)12-8-20-7-11(12)13(17)18/h9-12H,5-8H2,1-4H3,(H,15,19)(H,17,18). The Bertz CT molecular complexity index is 348. The highest BCUT2D eigenvalue weighted by Crippen LogP contribution is 2.20. The van der Waals surface area contributed by atoms with Crippen molar-refractivity contribution in [2.75, 3.05) is 19.8 Å². The monoisotopic (exact) mass is 286 g/mol. The van der Waals surface area contributed by atoms with Crippen LogP contribution in [0.2, 0.25) is 0 Å². The van der Waals surface area contributed by atoms with Gasteiger partial charge in [0.2, 0.25) is 0 Å². The smallest absolute Gasteiger partial charge is 0.317 e. The van der Waals surface area contributed by atoms with Crippen LogP contribution < -0.4 is 5.32 Å². The van der Waals surface area contributed by atoms with Crippen LogP contribution in [0.4, 0.5) is 4.79 Å². The second-order valence-electron chi connectivity index (χ2n) is 5.46. The number of rotatable bonds is 6.